The van der Waals surface area contributed by atoms with Gasteiger partial charge in [0.15, 0.2) is 0 Å². The van der Waals surface area contributed by atoms with Crippen LogP contribution in [-0.2, 0) is 9.59 Å². The van der Waals surface area contributed by atoms with Crippen molar-refractivity contribution in [2.75, 3.05) is 0 Å². The average molecular weight is 240 g/mol. The minimum absolute atomic E-state index is 0.0967. The third kappa shape index (κ3) is 2.33. The lowest BCUT2D eigenvalue weighted by Crippen LogP contribution is -2.64. The van der Waals surface area contributed by atoms with E-state index in [1.54, 1.807) is 6.92 Å². The van der Waals surface area contributed by atoms with Crippen molar-refractivity contribution in [2.45, 2.75) is 40.5 Å². The van der Waals surface area contributed by atoms with Crippen LogP contribution in [0.3, 0.4) is 0 Å². The van der Waals surface area contributed by atoms with Crippen LogP contribution in [0.15, 0.2) is 0 Å². The molecule has 1 saturated heterocycles. The molecular formula is C12H20N2O3. The largest absolute Gasteiger partial charge is 0.328 e. The summed E-state index contributed by atoms with van der Waals surface area (Å²) in [6, 6.07) is -0.721. The number of urea groups is 1. The lowest BCUT2D eigenvalue weighted by molar-refractivity contribution is -0.148. The molecule has 2 N–H and O–H groups in total. The van der Waals surface area contributed by atoms with Crippen LogP contribution in [0.2, 0.25) is 0 Å². The summed E-state index contributed by atoms with van der Waals surface area (Å²) in [4.78, 5) is 35.1. The Hall–Kier alpha value is -1.39. The quantitative estimate of drug-likeness (QED) is 0.730. The molecule has 17 heavy (non-hydrogen) atoms. The van der Waals surface area contributed by atoms with E-state index in [4.69, 9.17) is 0 Å². The standard InChI is InChI=1S/C12H20N2O3/c1-5-12(8(4)6-7(2)3)9(15)13-11(17)14-10(12)16/h7-8H,5-6H2,1-4H3,(H2,13,14,15,16,17)/t8-/m0/s1. The summed E-state index contributed by atoms with van der Waals surface area (Å²) in [5, 5.41) is 4.39. The Bertz CT molecular complexity index is 330. The van der Waals surface area contributed by atoms with Crippen LogP contribution in [0.25, 0.3) is 0 Å². The van der Waals surface area contributed by atoms with Crippen LogP contribution in [0.5, 0.6) is 0 Å². The zero-order valence-corrected chi connectivity index (χ0v) is 10.8. The summed E-state index contributed by atoms with van der Waals surface area (Å²) in [7, 11) is 0. The molecule has 0 aromatic heterocycles. The molecule has 0 spiro atoms. The van der Waals surface area contributed by atoms with Crippen LogP contribution < -0.4 is 10.6 Å². The van der Waals surface area contributed by atoms with Crippen LogP contribution in [0.4, 0.5) is 4.79 Å². The Labute approximate surface area is 101 Å². The number of carbonyl (C=O) groups is 3. The van der Waals surface area contributed by atoms with Gasteiger partial charge in [-0.05, 0) is 24.7 Å². The summed E-state index contributed by atoms with van der Waals surface area (Å²) >= 11 is 0. The fourth-order valence-electron chi connectivity index (χ4n) is 2.59. The molecule has 0 aromatic rings. The highest BCUT2D eigenvalue weighted by Gasteiger charge is 2.52. The number of carbonyl (C=O) groups excluding carboxylic acids is 3. The van der Waals surface area contributed by atoms with Crippen molar-refractivity contribution in [3.8, 4) is 0 Å². The smallest absolute Gasteiger partial charge is 0.277 e. The number of hydrogen-bond donors (Lipinski definition) is 2. The second-order valence-electron chi connectivity index (χ2n) is 5.09. The van der Waals surface area contributed by atoms with Gasteiger partial charge in [0.25, 0.3) is 0 Å². The van der Waals surface area contributed by atoms with Crippen LogP contribution >= 0.6 is 0 Å². The maximum Gasteiger partial charge on any atom is 0.328 e. The first-order valence-electron chi connectivity index (χ1n) is 6.01. The molecular weight excluding hydrogens is 220 g/mol. The molecule has 4 amide bonds. The van der Waals surface area contributed by atoms with E-state index in [1.807, 2.05) is 20.8 Å². The Balaban J connectivity index is 3.04. The lowest BCUT2D eigenvalue weighted by Gasteiger charge is -2.38. The van der Waals surface area contributed by atoms with E-state index in [2.05, 4.69) is 10.6 Å². The fraction of sp³-hybridized carbons (Fsp3) is 0.750. The number of imide groups is 2. The molecule has 1 atom stereocenters. The fourth-order valence-corrected chi connectivity index (χ4v) is 2.59. The Morgan fingerprint density at radius 3 is 1.88 bits per heavy atom. The van der Waals surface area contributed by atoms with E-state index >= 15 is 0 Å². The van der Waals surface area contributed by atoms with Crippen molar-refractivity contribution < 1.29 is 14.4 Å². The Kier molecular flexibility index (Phi) is 3.91. The van der Waals surface area contributed by atoms with Gasteiger partial charge in [-0.15, -0.1) is 0 Å². The Morgan fingerprint density at radius 2 is 1.53 bits per heavy atom. The van der Waals surface area contributed by atoms with E-state index in [9.17, 15) is 14.4 Å². The van der Waals surface area contributed by atoms with Crippen molar-refractivity contribution in [1.29, 1.82) is 0 Å². The van der Waals surface area contributed by atoms with Crippen molar-refractivity contribution >= 4 is 17.8 Å². The molecule has 1 heterocycles. The summed E-state index contributed by atoms with van der Waals surface area (Å²) in [5.41, 5.74) is -1.11. The summed E-state index contributed by atoms with van der Waals surface area (Å²) in [6.45, 7) is 7.78. The van der Waals surface area contributed by atoms with Crippen LogP contribution in [0, 0.1) is 17.3 Å². The van der Waals surface area contributed by atoms with Crippen LogP contribution in [-0.4, -0.2) is 17.8 Å². The Morgan fingerprint density at radius 1 is 1.06 bits per heavy atom. The normalized spacial score (nSPS) is 21.1. The first-order chi connectivity index (χ1) is 7.84. The molecule has 1 aliphatic heterocycles. The summed E-state index contributed by atoms with van der Waals surface area (Å²) in [6.07, 6.45) is 1.16. The minimum atomic E-state index is -1.11. The zero-order valence-electron chi connectivity index (χ0n) is 10.8. The minimum Gasteiger partial charge on any atom is -0.277 e. The number of nitrogens with one attached hydrogen (secondary N) is 2. The molecule has 96 valence electrons. The van der Waals surface area contributed by atoms with Crippen molar-refractivity contribution in [2.24, 2.45) is 17.3 Å². The second-order valence-corrected chi connectivity index (χ2v) is 5.09. The number of amides is 4. The van der Waals surface area contributed by atoms with Gasteiger partial charge in [-0.3, -0.25) is 20.2 Å². The van der Waals surface area contributed by atoms with Crippen molar-refractivity contribution in [3.63, 3.8) is 0 Å². The summed E-state index contributed by atoms with van der Waals surface area (Å²) in [5.74, 6) is -0.643. The van der Waals surface area contributed by atoms with Gasteiger partial charge >= 0.3 is 6.03 Å². The molecule has 0 radical (unpaired) electrons. The van der Waals surface area contributed by atoms with Gasteiger partial charge in [-0.25, -0.2) is 4.79 Å². The molecule has 0 aromatic carbocycles. The first kappa shape index (κ1) is 13.7. The SMILES string of the molecule is CCC1([C@@H](C)CC(C)C)C(=O)NC(=O)NC1=O. The van der Waals surface area contributed by atoms with Gasteiger partial charge < -0.3 is 0 Å². The van der Waals surface area contributed by atoms with E-state index in [0.717, 1.165) is 6.42 Å². The van der Waals surface area contributed by atoms with Gasteiger partial charge in [0.05, 0.1) is 0 Å². The molecule has 5 heteroatoms. The average Bonchev–Trinajstić information content (AvgIpc) is 2.16. The molecule has 0 unspecified atom stereocenters. The van der Waals surface area contributed by atoms with Gasteiger partial charge in [0.2, 0.25) is 11.8 Å². The highest BCUT2D eigenvalue weighted by Crippen LogP contribution is 2.37. The van der Waals surface area contributed by atoms with E-state index < -0.39 is 23.3 Å². The van der Waals surface area contributed by atoms with Gasteiger partial charge in [0.1, 0.15) is 5.41 Å². The van der Waals surface area contributed by atoms with Gasteiger partial charge in [-0.2, -0.15) is 0 Å². The molecule has 1 aliphatic rings. The van der Waals surface area contributed by atoms with Crippen molar-refractivity contribution in [3.05, 3.63) is 0 Å². The molecule has 1 fully saturated rings. The molecule has 0 bridgehead atoms. The van der Waals surface area contributed by atoms with E-state index in [-0.39, 0.29) is 5.92 Å². The van der Waals surface area contributed by atoms with Crippen LogP contribution in [0.1, 0.15) is 40.5 Å². The number of barbiturate groups is 1. The number of rotatable bonds is 4. The third-order valence-electron chi connectivity index (χ3n) is 3.49. The second kappa shape index (κ2) is 4.85. The molecule has 0 saturated carbocycles. The third-order valence-corrected chi connectivity index (χ3v) is 3.49. The molecule has 5 nitrogen and oxygen atoms in total. The lowest BCUT2D eigenvalue weighted by atomic mass is 9.69. The van der Waals surface area contributed by atoms with E-state index in [1.165, 1.54) is 0 Å². The number of hydrogen-bond acceptors (Lipinski definition) is 3. The predicted octanol–water partition coefficient (Wildman–Crippen LogP) is 1.43. The van der Waals surface area contributed by atoms with Gasteiger partial charge in [-0.1, -0.05) is 27.7 Å². The highest BCUT2D eigenvalue weighted by molar-refractivity contribution is 6.19. The van der Waals surface area contributed by atoms with E-state index in [0.29, 0.717) is 12.3 Å². The van der Waals surface area contributed by atoms with Gasteiger partial charge in [0, 0.05) is 0 Å². The topological polar surface area (TPSA) is 75.3 Å². The maximum atomic E-state index is 12.0. The predicted molar refractivity (Wildman–Crippen MR) is 63.0 cm³/mol. The molecule has 1 rings (SSSR count). The summed E-state index contributed by atoms with van der Waals surface area (Å²) < 4.78 is 0. The monoisotopic (exact) mass is 240 g/mol. The maximum absolute atomic E-state index is 12.0. The highest BCUT2D eigenvalue weighted by atomic mass is 16.2. The zero-order chi connectivity index (χ0) is 13.2. The van der Waals surface area contributed by atoms with Crippen molar-refractivity contribution in [1.82, 2.24) is 10.6 Å². The first-order valence-corrected chi connectivity index (χ1v) is 6.01. The molecule has 0 aliphatic carbocycles.